The molecule has 2 rings (SSSR count). The number of piperidine rings is 1. The van der Waals surface area contributed by atoms with Gasteiger partial charge in [0.25, 0.3) is 0 Å². The van der Waals surface area contributed by atoms with Crippen LogP contribution in [0.2, 0.25) is 0 Å². The first-order valence-corrected chi connectivity index (χ1v) is 9.68. The Labute approximate surface area is 145 Å². The summed E-state index contributed by atoms with van der Waals surface area (Å²) in [6, 6.07) is 4.68. The summed E-state index contributed by atoms with van der Waals surface area (Å²) in [5, 5.41) is 3.02. The van der Waals surface area contributed by atoms with Crippen LogP contribution in [0.3, 0.4) is 0 Å². The molecule has 0 aromatic heterocycles. The Morgan fingerprint density at radius 1 is 1.28 bits per heavy atom. The van der Waals surface area contributed by atoms with Gasteiger partial charge in [0.1, 0.15) is 0 Å². The van der Waals surface area contributed by atoms with Crippen LogP contribution in [-0.2, 0) is 27.4 Å². The fourth-order valence-corrected chi connectivity index (χ4v) is 4.53. The molecule has 0 saturated carbocycles. The summed E-state index contributed by atoms with van der Waals surface area (Å²) in [6.45, 7) is 0.708. The van der Waals surface area contributed by atoms with Gasteiger partial charge in [0, 0.05) is 19.8 Å². The SMILES string of the molecule is CN(Cc1cccc(C(F)(F)F)c1)C(=O)C1(S(C)(=O)=O)CCNCC1. The van der Waals surface area contributed by atoms with Gasteiger partial charge < -0.3 is 10.2 Å². The Kier molecular flexibility index (Phi) is 5.48. The monoisotopic (exact) mass is 378 g/mol. The molecule has 0 radical (unpaired) electrons. The van der Waals surface area contributed by atoms with Crippen molar-refractivity contribution in [1.29, 1.82) is 0 Å². The highest BCUT2D eigenvalue weighted by Gasteiger charge is 2.49. The Morgan fingerprint density at radius 2 is 1.88 bits per heavy atom. The number of carbonyl (C=O) groups is 1. The topological polar surface area (TPSA) is 66.5 Å². The molecule has 1 aromatic carbocycles. The number of halogens is 3. The Bertz CT molecular complexity index is 741. The van der Waals surface area contributed by atoms with Crippen molar-refractivity contribution >= 4 is 15.7 Å². The molecule has 9 heteroatoms. The highest BCUT2D eigenvalue weighted by Crippen LogP contribution is 2.32. The lowest BCUT2D eigenvalue weighted by Gasteiger charge is -2.37. The molecule has 1 aliphatic rings. The summed E-state index contributed by atoms with van der Waals surface area (Å²) in [5.41, 5.74) is -0.506. The molecule has 1 fully saturated rings. The number of hydrogen-bond donors (Lipinski definition) is 1. The van der Waals surface area contributed by atoms with E-state index in [1.807, 2.05) is 0 Å². The third-order valence-corrected chi connectivity index (χ3v) is 6.53. The average Bonchev–Trinajstić information content (AvgIpc) is 2.53. The first-order chi connectivity index (χ1) is 11.5. The number of hydrogen-bond acceptors (Lipinski definition) is 4. The van der Waals surface area contributed by atoms with Gasteiger partial charge in [-0.15, -0.1) is 0 Å². The second kappa shape index (κ2) is 6.95. The molecule has 140 valence electrons. The molecule has 25 heavy (non-hydrogen) atoms. The van der Waals surface area contributed by atoms with Crippen molar-refractivity contribution in [3.63, 3.8) is 0 Å². The standard InChI is InChI=1S/C16H21F3N2O3S/c1-21(11-12-4-3-5-13(10-12)16(17,18)19)14(22)15(25(2,23)24)6-8-20-9-7-15/h3-5,10,20H,6-9,11H2,1-2H3. The first-order valence-electron chi connectivity index (χ1n) is 7.79. The van der Waals surface area contributed by atoms with E-state index in [9.17, 15) is 26.4 Å². The summed E-state index contributed by atoms with van der Waals surface area (Å²) >= 11 is 0. The van der Waals surface area contributed by atoms with Crippen LogP contribution in [0.25, 0.3) is 0 Å². The minimum Gasteiger partial charge on any atom is -0.340 e. The Hall–Kier alpha value is -1.61. The lowest BCUT2D eigenvalue weighted by atomic mass is 9.95. The number of sulfone groups is 1. The van der Waals surface area contributed by atoms with Gasteiger partial charge >= 0.3 is 6.18 Å². The smallest absolute Gasteiger partial charge is 0.340 e. The summed E-state index contributed by atoms with van der Waals surface area (Å²) in [4.78, 5) is 14.0. The predicted molar refractivity (Wildman–Crippen MR) is 87.6 cm³/mol. The zero-order chi connectivity index (χ0) is 18.9. The van der Waals surface area contributed by atoms with Crippen molar-refractivity contribution in [3.05, 3.63) is 35.4 Å². The minimum absolute atomic E-state index is 0.0898. The zero-order valence-electron chi connectivity index (χ0n) is 14.1. The maximum Gasteiger partial charge on any atom is 0.416 e. The van der Waals surface area contributed by atoms with Crippen LogP contribution in [0.5, 0.6) is 0 Å². The molecule has 5 nitrogen and oxygen atoms in total. The van der Waals surface area contributed by atoms with Crippen molar-refractivity contribution in [3.8, 4) is 0 Å². The largest absolute Gasteiger partial charge is 0.416 e. The molecule has 1 N–H and O–H groups in total. The first kappa shape index (κ1) is 19.7. The van der Waals surface area contributed by atoms with Gasteiger partial charge in [-0.05, 0) is 43.6 Å². The Balaban J connectivity index is 2.25. The van der Waals surface area contributed by atoms with Crippen LogP contribution in [-0.4, -0.2) is 50.4 Å². The quantitative estimate of drug-likeness (QED) is 0.868. The number of amides is 1. The molecule has 1 amide bonds. The number of benzene rings is 1. The molecular weight excluding hydrogens is 357 g/mol. The maximum atomic E-state index is 12.8. The second-order valence-corrected chi connectivity index (χ2v) is 8.70. The van der Waals surface area contributed by atoms with E-state index in [0.717, 1.165) is 18.4 Å². The number of nitrogens with zero attached hydrogens (tertiary/aromatic N) is 1. The van der Waals surface area contributed by atoms with Crippen LogP contribution in [0.1, 0.15) is 24.0 Å². The van der Waals surface area contributed by atoms with Crippen LogP contribution in [0.15, 0.2) is 24.3 Å². The van der Waals surface area contributed by atoms with Crippen LogP contribution >= 0.6 is 0 Å². The Morgan fingerprint density at radius 3 is 2.40 bits per heavy atom. The van der Waals surface area contributed by atoms with Crippen molar-refractivity contribution in [2.24, 2.45) is 0 Å². The van der Waals surface area contributed by atoms with Crippen LogP contribution in [0, 0.1) is 0 Å². The molecular formula is C16H21F3N2O3S. The number of alkyl halides is 3. The van der Waals surface area contributed by atoms with E-state index in [1.165, 1.54) is 24.1 Å². The van der Waals surface area contributed by atoms with Crippen LogP contribution in [0.4, 0.5) is 13.2 Å². The third kappa shape index (κ3) is 4.14. The van der Waals surface area contributed by atoms with E-state index < -0.39 is 32.2 Å². The van der Waals surface area contributed by atoms with E-state index in [-0.39, 0.29) is 19.4 Å². The molecule has 0 spiro atoms. The van der Waals surface area contributed by atoms with E-state index in [2.05, 4.69) is 5.32 Å². The van der Waals surface area contributed by atoms with Crippen LogP contribution < -0.4 is 5.32 Å². The second-order valence-electron chi connectivity index (χ2n) is 6.38. The number of rotatable bonds is 4. The normalized spacial score (nSPS) is 18.0. The highest BCUT2D eigenvalue weighted by molar-refractivity contribution is 7.92. The molecule has 0 bridgehead atoms. The van der Waals surface area contributed by atoms with E-state index in [1.54, 1.807) is 0 Å². The van der Waals surface area contributed by atoms with Crippen molar-refractivity contribution in [2.75, 3.05) is 26.4 Å². The fraction of sp³-hybridized carbons (Fsp3) is 0.562. The molecule has 0 unspecified atom stereocenters. The van der Waals surface area contributed by atoms with Gasteiger partial charge in [0.15, 0.2) is 14.6 Å². The van der Waals surface area contributed by atoms with E-state index in [0.29, 0.717) is 18.7 Å². The van der Waals surface area contributed by atoms with Gasteiger partial charge in [-0.3, -0.25) is 4.79 Å². The molecule has 0 atom stereocenters. The van der Waals surface area contributed by atoms with Gasteiger partial charge in [-0.2, -0.15) is 13.2 Å². The van der Waals surface area contributed by atoms with Crippen molar-refractivity contribution in [1.82, 2.24) is 10.2 Å². The summed E-state index contributed by atoms with van der Waals surface area (Å²) in [6.07, 6.45) is -3.13. The van der Waals surface area contributed by atoms with Gasteiger partial charge in [0.05, 0.1) is 5.56 Å². The van der Waals surface area contributed by atoms with Crippen molar-refractivity contribution in [2.45, 2.75) is 30.3 Å². The fourth-order valence-electron chi connectivity index (χ4n) is 3.11. The van der Waals surface area contributed by atoms with Gasteiger partial charge in [-0.1, -0.05) is 12.1 Å². The maximum absolute atomic E-state index is 12.8. The zero-order valence-corrected chi connectivity index (χ0v) is 14.9. The van der Waals surface area contributed by atoms with E-state index >= 15 is 0 Å². The third-order valence-electron chi connectivity index (χ3n) is 4.53. The predicted octanol–water partition coefficient (Wildman–Crippen LogP) is 1.83. The van der Waals surface area contributed by atoms with Gasteiger partial charge in [-0.25, -0.2) is 8.42 Å². The molecule has 1 aromatic rings. The molecule has 1 aliphatic heterocycles. The summed E-state index contributed by atoms with van der Waals surface area (Å²) in [5.74, 6) is -0.575. The minimum atomic E-state index is -4.47. The molecule has 0 aliphatic carbocycles. The highest BCUT2D eigenvalue weighted by atomic mass is 32.2. The lowest BCUT2D eigenvalue weighted by Crippen LogP contribution is -2.57. The van der Waals surface area contributed by atoms with Crippen molar-refractivity contribution < 1.29 is 26.4 Å². The number of carbonyl (C=O) groups excluding carboxylic acids is 1. The number of nitrogens with one attached hydrogen (secondary N) is 1. The summed E-state index contributed by atoms with van der Waals surface area (Å²) in [7, 11) is -2.25. The molecule has 1 heterocycles. The summed E-state index contributed by atoms with van der Waals surface area (Å²) < 4.78 is 61.4. The lowest BCUT2D eigenvalue weighted by molar-refractivity contribution is -0.137. The van der Waals surface area contributed by atoms with E-state index in [4.69, 9.17) is 0 Å². The average molecular weight is 378 g/mol. The molecule has 1 saturated heterocycles. The van der Waals surface area contributed by atoms with Gasteiger partial charge in [0.2, 0.25) is 5.91 Å².